The summed E-state index contributed by atoms with van der Waals surface area (Å²) in [6.07, 6.45) is 2.77. The van der Waals surface area contributed by atoms with Crippen LogP contribution in [0.2, 0.25) is 0 Å². The molecule has 3 heteroatoms. The predicted molar refractivity (Wildman–Crippen MR) is 55.7 cm³/mol. The Morgan fingerprint density at radius 3 is 2.45 bits per heavy atom. The van der Waals surface area contributed by atoms with Crippen molar-refractivity contribution in [1.29, 1.82) is 0 Å². The van der Waals surface area contributed by atoms with E-state index >= 15 is 0 Å². The Hall–Kier alpha value is 0.110. The van der Waals surface area contributed by atoms with Crippen LogP contribution in [0.1, 0.15) is 19.9 Å². The zero-order valence-electron chi connectivity index (χ0n) is 5.56. The van der Waals surface area contributed by atoms with E-state index < -0.39 is 0 Å². The second kappa shape index (κ2) is 4.88. The Bertz CT molecular complexity index is 215. The second-order valence-electron chi connectivity index (χ2n) is 1.92. The van der Waals surface area contributed by atoms with Crippen LogP contribution in [0.4, 0.5) is 0 Å². The van der Waals surface area contributed by atoms with Crippen LogP contribution in [0, 0.1) is 0 Å². The van der Waals surface area contributed by atoms with Gasteiger partial charge in [0.15, 0.2) is 0 Å². The van der Waals surface area contributed by atoms with Crippen molar-refractivity contribution in [2.24, 2.45) is 0 Å². The van der Waals surface area contributed by atoms with Gasteiger partial charge >= 0.3 is 0 Å². The molecule has 0 aliphatic rings. The smallest absolute Gasteiger partial charge is 0.110 e. The average Bonchev–Trinajstić information content (AvgIpc) is 1.88. The quantitative estimate of drug-likeness (QED) is 0.713. The Morgan fingerprint density at radius 2 is 2.09 bits per heavy atom. The molecule has 0 amide bonds. The lowest BCUT2D eigenvalue weighted by Gasteiger charge is -2.00. The van der Waals surface area contributed by atoms with Crippen LogP contribution >= 0.6 is 31.9 Å². The van der Waals surface area contributed by atoms with Gasteiger partial charge in [0.05, 0.1) is 0 Å². The van der Waals surface area contributed by atoms with Gasteiger partial charge in [-0.15, -0.1) is 0 Å². The molecule has 1 rings (SSSR count). The molecule has 1 aromatic rings. The Balaban J connectivity index is 0.000001000. The minimum absolute atomic E-state index is 0. The molecule has 0 atom stereocenters. The highest BCUT2D eigenvalue weighted by molar-refractivity contribution is 9.11. The third-order valence-corrected chi connectivity index (χ3v) is 2.73. The van der Waals surface area contributed by atoms with Crippen molar-refractivity contribution in [2.45, 2.75) is 20.8 Å². The fourth-order valence-corrected chi connectivity index (χ4v) is 2.22. The fourth-order valence-electron chi connectivity index (χ4n) is 0.760. The third-order valence-electron chi connectivity index (χ3n) is 1.30. The van der Waals surface area contributed by atoms with E-state index in [0.717, 1.165) is 15.5 Å². The van der Waals surface area contributed by atoms with E-state index in [1.54, 1.807) is 6.20 Å². The molecule has 0 unspecified atom stereocenters. The first-order chi connectivity index (χ1) is 4.75. The molecule has 0 aliphatic carbocycles. The van der Waals surface area contributed by atoms with Crippen LogP contribution in [0.5, 0.6) is 0 Å². The highest BCUT2D eigenvalue weighted by Gasteiger charge is 2.01. The number of halogens is 2. The van der Waals surface area contributed by atoms with Crippen LogP contribution in [-0.4, -0.2) is 4.98 Å². The molecule has 1 aromatic heterocycles. The first-order valence-electron chi connectivity index (χ1n) is 3.04. The predicted octanol–water partition coefficient (Wildman–Crippen LogP) is 3.81. The number of hydrogen-bond acceptors (Lipinski definition) is 1. The monoisotopic (exact) mass is 279 g/mol. The van der Waals surface area contributed by atoms with Gasteiger partial charge in [0, 0.05) is 10.7 Å². The molecule has 11 heavy (non-hydrogen) atoms. The lowest BCUT2D eigenvalue weighted by molar-refractivity contribution is 1.06. The van der Waals surface area contributed by atoms with Crippen LogP contribution in [0.15, 0.2) is 21.3 Å². The molecule has 0 aromatic carbocycles. The van der Waals surface area contributed by atoms with Gasteiger partial charge in [-0.25, -0.2) is 4.98 Å². The third kappa shape index (κ3) is 2.56. The molecule has 0 saturated carbocycles. The van der Waals surface area contributed by atoms with Crippen molar-refractivity contribution in [3.8, 4) is 0 Å². The molecule has 0 spiro atoms. The summed E-state index contributed by atoms with van der Waals surface area (Å²) in [4.78, 5) is 4.10. The Labute approximate surface area is 84.5 Å². The van der Waals surface area contributed by atoms with Gasteiger partial charge in [-0.1, -0.05) is 30.3 Å². The van der Waals surface area contributed by atoms with Crippen LogP contribution in [0.25, 0.3) is 0 Å². The first-order valence-corrected chi connectivity index (χ1v) is 4.63. The number of rotatable bonds is 1. The van der Waals surface area contributed by atoms with Crippen molar-refractivity contribution in [1.82, 2.24) is 4.98 Å². The standard InChI is InChI=1S/C7H7Br2N.CH4/c1-2-5-6(8)3-4-10-7(5)9;/h3-4H,2H2,1H3;1H4. The first kappa shape index (κ1) is 11.1. The maximum absolute atomic E-state index is 4.10. The molecule has 1 heterocycles. The van der Waals surface area contributed by atoms with Gasteiger partial charge in [0.25, 0.3) is 0 Å². The van der Waals surface area contributed by atoms with Crippen LogP contribution < -0.4 is 0 Å². The van der Waals surface area contributed by atoms with Crippen molar-refractivity contribution in [3.05, 3.63) is 26.9 Å². The zero-order valence-corrected chi connectivity index (χ0v) is 8.74. The van der Waals surface area contributed by atoms with Crippen molar-refractivity contribution in [3.63, 3.8) is 0 Å². The second-order valence-corrected chi connectivity index (χ2v) is 3.52. The maximum Gasteiger partial charge on any atom is 0.110 e. The highest BCUT2D eigenvalue weighted by Crippen LogP contribution is 2.22. The summed E-state index contributed by atoms with van der Waals surface area (Å²) in [7, 11) is 0. The SMILES string of the molecule is C.CCc1c(Br)ccnc1Br. The summed E-state index contributed by atoms with van der Waals surface area (Å²) in [6, 6.07) is 1.95. The molecule has 0 N–H and O–H groups in total. The van der Waals surface area contributed by atoms with Gasteiger partial charge in [-0.05, 0) is 34.0 Å². The molecular weight excluding hydrogens is 270 g/mol. The van der Waals surface area contributed by atoms with Gasteiger partial charge in [0.2, 0.25) is 0 Å². The minimum Gasteiger partial charge on any atom is -0.249 e. The number of pyridine rings is 1. The highest BCUT2D eigenvalue weighted by atomic mass is 79.9. The maximum atomic E-state index is 4.10. The van der Waals surface area contributed by atoms with Gasteiger partial charge in [0.1, 0.15) is 4.60 Å². The Morgan fingerprint density at radius 1 is 1.45 bits per heavy atom. The minimum atomic E-state index is 0. The van der Waals surface area contributed by atoms with Crippen LogP contribution in [-0.2, 0) is 6.42 Å². The summed E-state index contributed by atoms with van der Waals surface area (Å²) >= 11 is 6.80. The summed E-state index contributed by atoms with van der Waals surface area (Å²) in [5.74, 6) is 0. The summed E-state index contributed by atoms with van der Waals surface area (Å²) < 4.78 is 2.06. The van der Waals surface area contributed by atoms with Gasteiger partial charge < -0.3 is 0 Å². The molecule has 0 aliphatic heterocycles. The van der Waals surface area contributed by atoms with Crippen molar-refractivity contribution < 1.29 is 0 Å². The van der Waals surface area contributed by atoms with Gasteiger partial charge in [-0.2, -0.15) is 0 Å². The van der Waals surface area contributed by atoms with E-state index in [0.29, 0.717) is 0 Å². The molecule has 0 radical (unpaired) electrons. The normalized spacial score (nSPS) is 9.00. The lowest BCUT2D eigenvalue weighted by Crippen LogP contribution is -1.86. The van der Waals surface area contributed by atoms with Crippen molar-refractivity contribution in [2.75, 3.05) is 0 Å². The molecule has 0 fully saturated rings. The summed E-state index contributed by atoms with van der Waals surface area (Å²) in [5, 5.41) is 0. The van der Waals surface area contributed by atoms with Crippen molar-refractivity contribution >= 4 is 31.9 Å². The number of nitrogens with zero attached hydrogens (tertiary/aromatic N) is 1. The number of hydrogen-bond donors (Lipinski definition) is 0. The fraction of sp³-hybridized carbons (Fsp3) is 0.375. The average molecular weight is 281 g/mol. The lowest BCUT2D eigenvalue weighted by atomic mass is 10.2. The van der Waals surface area contributed by atoms with E-state index in [1.807, 2.05) is 6.07 Å². The topological polar surface area (TPSA) is 12.9 Å². The van der Waals surface area contributed by atoms with E-state index in [-0.39, 0.29) is 7.43 Å². The summed E-state index contributed by atoms with van der Waals surface area (Å²) in [6.45, 7) is 2.10. The molecule has 0 saturated heterocycles. The van der Waals surface area contributed by atoms with E-state index in [4.69, 9.17) is 0 Å². The van der Waals surface area contributed by atoms with E-state index in [9.17, 15) is 0 Å². The van der Waals surface area contributed by atoms with E-state index in [2.05, 4.69) is 43.8 Å². The number of aromatic nitrogens is 1. The summed E-state index contributed by atoms with van der Waals surface area (Å²) in [5.41, 5.74) is 1.22. The molecular formula is C8H11Br2N. The molecule has 0 bridgehead atoms. The zero-order chi connectivity index (χ0) is 7.56. The van der Waals surface area contributed by atoms with E-state index in [1.165, 1.54) is 5.56 Å². The molecule has 1 nitrogen and oxygen atoms in total. The largest absolute Gasteiger partial charge is 0.249 e. The Kier molecular flexibility index (Phi) is 4.93. The molecule has 62 valence electrons. The van der Waals surface area contributed by atoms with Gasteiger partial charge in [-0.3, -0.25) is 0 Å². The van der Waals surface area contributed by atoms with Crippen LogP contribution in [0.3, 0.4) is 0 Å².